The summed E-state index contributed by atoms with van der Waals surface area (Å²) in [5.41, 5.74) is 3.56. The van der Waals surface area contributed by atoms with E-state index in [2.05, 4.69) is 37.3 Å². The van der Waals surface area contributed by atoms with Crippen molar-refractivity contribution < 1.29 is 0 Å². The van der Waals surface area contributed by atoms with Gasteiger partial charge >= 0.3 is 0 Å². The molecule has 2 heterocycles. The average molecular weight is 298 g/mol. The quantitative estimate of drug-likeness (QED) is 0.909. The van der Waals surface area contributed by atoms with E-state index in [-0.39, 0.29) is 6.04 Å². The van der Waals surface area contributed by atoms with Crippen molar-refractivity contribution in [3.8, 4) is 0 Å². The molecule has 2 aromatic rings. The van der Waals surface area contributed by atoms with Crippen molar-refractivity contribution in [3.05, 3.63) is 38.3 Å². The number of thiophene rings is 1. The van der Waals surface area contributed by atoms with Gasteiger partial charge in [0.2, 0.25) is 0 Å². The van der Waals surface area contributed by atoms with Crippen LogP contribution in [-0.2, 0) is 7.05 Å². The first kappa shape index (κ1) is 14.6. The summed E-state index contributed by atoms with van der Waals surface area (Å²) in [6.45, 7) is 7.34. The molecular weight excluding hydrogens is 278 g/mol. The average Bonchev–Trinajstić information content (AvgIpc) is 2.88. The Morgan fingerprint density at radius 3 is 2.63 bits per heavy atom. The lowest BCUT2D eigenvalue weighted by Crippen LogP contribution is -2.23. The standard InChI is InChI=1S/C14H20ClN3S/c1-5-8-16-14(11-6-7-12(15)19-11)13-9(2)17-18(4)10(13)3/h6-7,14,16H,5,8H2,1-4H3. The molecule has 5 heteroatoms. The van der Waals surface area contributed by atoms with Gasteiger partial charge in [0.1, 0.15) is 0 Å². The molecule has 0 aliphatic heterocycles. The zero-order chi connectivity index (χ0) is 14.0. The largest absolute Gasteiger partial charge is 0.305 e. The first-order valence-corrected chi connectivity index (χ1v) is 7.72. The Balaban J connectivity index is 2.42. The Labute approximate surface area is 123 Å². The Bertz CT molecular complexity index is 559. The first-order chi connectivity index (χ1) is 9.04. The summed E-state index contributed by atoms with van der Waals surface area (Å²) in [6.07, 6.45) is 1.11. The lowest BCUT2D eigenvalue weighted by atomic mass is 10.0. The molecule has 0 bridgehead atoms. The fourth-order valence-electron chi connectivity index (χ4n) is 2.32. The second-order valence-electron chi connectivity index (χ2n) is 4.74. The number of aromatic nitrogens is 2. The van der Waals surface area contributed by atoms with Gasteiger partial charge in [0.05, 0.1) is 16.1 Å². The van der Waals surface area contributed by atoms with Crippen LogP contribution in [0.1, 0.15) is 41.2 Å². The highest BCUT2D eigenvalue weighted by molar-refractivity contribution is 7.16. The molecule has 2 rings (SSSR count). The number of halogens is 1. The van der Waals surface area contributed by atoms with E-state index >= 15 is 0 Å². The lowest BCUT2D eigenvalue weighted by Gasteiger charge is -2.18. The highest BCUT2D eigenvalue weighted by atomic mass is 35.5. The van der Waals surface area contributed by atoms with E-state index in [9.17, 15) is 0 Å². The highest BCUT2D eigenvalue weighted by Crippen LogP contribution is 2.33. The first-order valence-electron chi connectivity index (χ1n) is 6.53. The van der Waals surface area contributed by atoms with Gasteiger partial charge < -0.3 is 5.32 Å². The van der Waals surface area contributed by atoms with Crippen LogP contribution in [0.15, 0.2) is 12.1 Å². The predicted octanol–water partition coefficient (Wildman–Crippen LogP) is 3.84. The van der Waals surface area contributed by atoms with Crippen LogP contribution in [-0.4, -0.2) is 16.3 Å². The van der Waals surface area contributed by atoms with Crippen LogP contribution < -0.4 is 5.32 Å². The van der Waals surface area contributed by atoms with Crippen molar-refractivity contribution in [3.63, 3.8) is 0 Å². The molecule has 0 saturated carbocycles. The molecular formula is C14H20ClN3S. The number of hydrogen-bond donors (Lipinski definition) is 1. The van der Waals surface area contributed by atoms with Gasteiger partial charge in [0.25, 0.3) is 0 Å². The van der Waals surface area contributed by atoms with Gasteiger partial charge in [-0.25, -0.2) is 0 Å². The number of aryl methyl sites for hydroxylation is 2. The molecule has 0 spiro atoms. The summed E-state index contributed by atoms with van der Waals surface area (Å²) >= 11 is 7.71. The van der Waals surface area contributed by atoms with Crippen LogP contribution in [0, 0.1) is 13.8 Å². The number of nitrogens with one attached hydrogen (secondary N) is 1. The Morgan fingerprint density at radius 1 is 1.42 bits per heavy atom. The fourth-order valence-corrected chi connectivity index (χ4v) is 3.47. The van der Waals surface area contributed by atoms with Gasteiger partial charge in [-0.2, -0.15) is 5.10 Å². The van der Waals surface area contributed by atoms with Crippen molar-refractivity contribution >= 4 is 22.9 Å². The highest BCUT2D eigenvalue weighted by Gasteiger charge is 2.22. The van der Waals surface area contributed by atoms with Crippen molar-refractivity contribution in [2.45, 2.75) is 33.2 Å². The van der Waals surface area contributed by atoms with E-state index in [1.54, 1.807) is 11.3 Å². The van der Waals surface area contributed by atoms with E-state index in [4.69, 9.17) is 11.6 Å². The van der Waals surface area contributed by atoms with Crippen molar-refractivity contribution in [1.29, 1.82) is 0 Å². The van der Waals surface area contributed by atoms with Gasteiger partial charge in [-0.1, -0.05) is 18.5 Å². The molecule has 0 saturated heterocycles. The summed E-state index contributed by atoms with van der Waals surface area (Å²) in [6, 6.07) is 4.25. The summed E-state index contributed by atoms with van der Waals surface area (Å²) in [5, 5.41) is 8.13. The minimum atomic E-state index is 0.186. The second kappa shape index (κ2) is 6.07. The minimum Gasteiger partial charge on any atom is -0.305 e. The van der Waals surface area contributed by atoms with E-state index < -0.39 is 0 Å². The molecule has 0 fully saturated rings. The van der Waals surface area contributed by atoms with Crippen LogP contribution in [0.25, 0.3) is 0 Å². The maximum Gasteiger partial charge on any atom is 0.0931 e. The molecule has 0 radical (unpaired) electrons. The molecule has 2 aromatic heterocycles. The van der Waals surface area contributed by atoms with E-state index in [1.165, 1.54) is 16.1 Å². The number of nitrogens with zero attached hydrogens (tertiary/aromatic N) is 2. The third-order valence-corrected chi connectivity index (χ3v) is 4.63. The van der Waals surface area contributed by atoms with Gasteiger partial charge in [-0.05, 0) is 38.9 Å². The molecule has 1 atom stereocenters. The number of rotatable bonds is 5. The van der Waals surface area contributed by atoms with E-state index in [1.807, 2.05) is 17.8 Å². The third-order valence-electron chi connectivity index (χ3n) is 3.33. The third kappa shape index (κ3) is 3.02. The van der Waals surface area contributed by atoms with Gasteiger partial charge in [-0.15, -0.1) is 11.3 Å². The van der Waals surface area contributed by atoms with Gasteiger partial charge in [0, 0.05) is 23.2 Å². The smallest absolute Gasteiger partial charge is 0.0931 e. The summed E-state index contributed by atoms with van der Waals surface area (Å²) < 4.78 is 2.78. The molecule has 0 amide bonds. The molecule has 104 valence electrons. The molecule has 0 aliphatic carbocycles. The van der Waals surface area contributed by atoms with Crippen molar-refractivity contribution in [2.75, 3.05) is 6.54 Å². The normalized spacial score (nSPS) is 12.9. The van der Waals surface area contributed by atoms with Crippen LogP contribution in [0.2, 0.25) is 4.34 Å². The van der Waals surface area contributed by atoms with Crippen LogP contribution in [0.3, 0.4) is 0 Å². The Kier molecular flexibility index (Phi) is 4.66. The van der Waals surface area contributed by atoms with Crippen LogP contribution in [0.5, 0.6) is 0 Å². The fraction of sp³-hybridized carbons (Fsp3) is 0.500. The zero-order valence-corrected chi connectivity index (χ0v) is 13.4. The summed E-state index contributed by atoms with van der Waals surface area (Å²) in [7, 11) is 1.99. The molecule has 0 aliphatic rings. The predicted molar refractivity (Wildman–Crippen MR) is 82.1 cm³/mol. The molecule has 1 unspecified atom stereocenters. The summed E-state index contributed by atoms with van der Waals surface area (Å²) in [5.74, 6) is 0. The molecule has 0 aromatic carbocycles. The maximum absolute atomic E-state index is 6.08. The topological polar surface area (TPSA) is 29.9 Å². The minimum absolute atomic E-state index is 0.186. The van der Waals surface area contributed by atoms with Crippen molar-refractivity contribution in [2.24, 2.45) is 7.05 Å². The van der Waals surface area contributed by atoms with E-state index in [0.717, 1.165) is 23.0 Å². The Hall–Kier alpha value is -0.840. The van der Waals surface area contributed by atoms with E-state index in [0.29, 0.717) is 0 Å². The maximum atomic E-state index is 6.08. The number of hydrogen-bond acceptors (Lipinski definition) is 3. The Morgan fingerprint density at radius 2 is 2.16 bits per heavy atom. The monoisotopic (exact) mass is 297 g/mol. The molecule has 19 heavy (non-hydrogen) atoms. The van der Waals surface area contributed by atoms with Crippen molar-refractivity contribution in [1.82, 2.24) is 15.1 Å². The zero-order valence-electron chi connectivity index (χ0n) is 11.8. The molecule has 3 nitrogen and oxygen atoms in total. The van der Waals surface area contributed by atoms with Gasteiger partial charge in [0.15, 0.2) is 0 Å². The van der Waals surface area contributed by atoms with Crippen LogP contribution in [0.4, 0.5) is 0 Å². The summed E-state index contributed by atoms with van der Waals surface area (Å²) in [4.78, 5) is 1.25. The lowest BCUT2D eigenvalue weighted by molar-refractivity contribution is 0.600. The van der Waals surface area contributed by atoms with Crippen LogP contribution >= 0.6 is 22.9 Å². The van der Waals surface area contributed by atoms with Gasteiger partial charge in [-0.3, -0.25) is 4.68 Å². The SMILES string of the molecule is CCCNC(c1ccc(Cl)s1)c1c(C)nn(C)c1C. The second-order valence-corrected chi connectivity index (χ2v) is 6.48. The molecule has 1 N–H and O–H groups in total.